The highest BCUT2D eigenvalue weighted by Gasteiger charge is 2.20. The van der Waals surface area contributed by atoms with Gasteiger partial charge in [-0.3, -0.25) is 4.72 Å². The molecule has 0 aliphatic rings. The summed E-state index contributed by atoms with van der Waals surface area (Å²) in [5.41, 5.74) is 2.21. The Morgan fingerprint density at radius 1 is 1.13 bits per heavy atom. The Morgan fingerprint density at radius 2 is 1.83 bits per heavy atom. The van der Waals surface area contributed by atoms with Crippen LogP contribution in [0.3, 0.4) is 0 Å². The number of nitrogens with one attached hydrogen (secondary N) is 1. The summed E-state index contributed by atoms with van der Waals surface area (Å²) in [6, 6.07) is 9.35. The predicted molar refractivity (Wildman–Crippen MR) is 89.5 cm³/mol. The highest BCUT2D eigenvalue weighted by molar-refractivity contribution is 7.92. The lowest BCUT2D eigenvalue weighted by atomic mass is 10.1. The number of hydrogen-bond acceptors (Lipinski definition) is 4. The molecule has 0 aliphatic carbocycles. The third-order valence-corrected chi connectivity index (χ3v) is 4.98. The molecular weight excluding hydrogens is 338 g/mol. The second-order valence-corrected chi connectivity index (χ2v) is 7.15. The summed E-state index contributed by atoms with van der Waals surface area (Å²) in [6.45, 7) is 3.67. The van der Waals surface area contributed by atoms with E-state index in [1.54, 1.807) is 13.0 Å². The van der Waals surface area contributed by atoms with E-state index in [1.807, 2.05) is 19.1 Å². The van der Waals surface area contributed by atoms with Crippen molar-refractivity contribution in [3.63, 3.8) is 0 Å². The number of benzene rings is 2. The van der Waals surface area contributed by atoms with Crippen LogP contribution < -0.4 is 4.72 Å². The van der Waals surface area contributed by atoms with Crippen molar-refractivity contribution in [3.05, 3.63) is 58.1 Å². The van der Waals surface area contributed by atoms with Crippen LogP contribution >= 0.6 is 11.6 Å². The van der Waals surface area contributed by atoms with Crippen LogP contribution in [0.15, 0.2) is 41.3 Å². The molecule has 0 atom stereocenters. The van der Waals surface area contributed by atoms with Crippen molar-refractivity contribution in [2.24, 2.45) is 0 Å². The van der Waals surface area contributed by atoms with Gasteiger partial charge in [0.15, 0.2) is 0 Å². The molecule has 1 N–H and O–H groups in total. The summed E-state index contributed by atoms with van der Waals surface area (Å²) < 4.78 is 32.2. The Morgan fingerprint density at radius 3 is 2.48 bits per heavy atom. The van der Waals surface area contributed by atoms with E-state index >= 15 is 0 Å². The summed E-state index contributed by atoms with van der Waals surface area (Å²) in [5.74, 6) is -0.696. The largest absolute Gasteiger partial charge is 0.465 e. The number of methoxy groups -OCH3 is 1. The number of ether oxygens (including phenoxy) is 1. The number of anilines is 1. The zero-order valence-electron chi connectivity index (χ0n) is 12.9. The maximum atomic E-state index is 12.5. The Hall–Kier alpha value is -2.05. The first-order valence-corrected chi connectivity index (χ1v) is 8.58. The minimum Gasteiger partial charge on any atom is -0.465 e. The van der Waals surface area contributed by atoms with Gasteiger partial charge in [-0.15, -0.1) is 0 Å². The monoisotopic (exact) mass is 353 g/mol. The first-order valence-electron chi connectivity index (χ1n) is 6.72. The predicted octanol–water partition coefficient (Wildman–Crippen LogP) is 3.54. The van der Waals surface area contributed by atoms with Crippen LogP contribution in [0, 0.1) is 13.8 Å². The summed E-state index contributed by atoms with van der Waals surface area (Å²) in [6.07, 6.45) is 0. The lowest BCUT2D eigenvalue weighted by Crippen LogP contribution is -2.15. The Kier molecular flexibility index (Phi) is 4.97. The molecule has 0 fully saturated rings. The van der Waals surface area contributed by atoms with E-state index in [4.69, 9.17) is 11.6 Å². The van der Waals surface area contributed by atoms with E-state index in [-0.39, 0.29) is 15.5 Å². The van der Waals surface area contributed by atoms with Crippen molar-refractivity contribution in [2.75, 3.05) is 11.8 Å². The first-order chi connectivity index (χ1) is 10.7. The van der Waals surface area contributed by atoms with Crippen LogP contribution in [-0.2, 0) is 14.8 Å². The number of aryl methyl sites for hydroxylation is 2. The molecule has 0 spiro atoms. The molecule has 0 saturated carbocycles. The second-order valence-electron chi connectivity index (χ2n) is 5.06. The lowest BCUT2D eigenvalue weighted by molar-refractivity contribution is 0.0600. The molecule has 2 aromatic carbocycles. The van der Waals surface area contributed by atoms with E-state index in [0.717, 1.165) is 11.1 Å². The second kappa shape index (κ2) is 6.60. The molecule has 0 radical (unpaired) electrons. The number of carbonyl (C=O) groups excluding carboxylic acids is 1. The van der Waals surface area contributed by atoms with Crippen molar-refractivity contribution in [1.82, 2.24) is 0 Å². The van der Waals surface area contributed by atoms with Crippen LogP contribution in [0.4, 0.5) is 5.69 Å². The van der Waals surface area contributed by atoms with Gasteiger partial charge in [0.25, 0.3) is 10.0 Å². The van der Waals surface area contributed by atoms with Gasteiger partial charge in [-0.25, -0.2) is 13.2 Å². The molecule has 2 rings (SSSR count). The van der Waals surface area contributed by atoms with Crippen LogP contribution in [0.25, 0.3) is 0 Å². The average molecular weight is 354 g/mol. The minimum atomic E-state index is -3.85. The van der Waals surface area contributed by atoms with E-state index < -0.39 is 16.0 Å². The molecule has 0 amide bonds. The van der Waals surface area contributed by atoms with Gasteiger partial charge >= 0.3 is 5.97 Å². The molecule has 23 heavy (non-hydrogen) atoms. The van der Waals surface area contributed by atoms with Gasteiger partial charge in [-0.05, 0) is 49.2 Å². The number of halogens is 1. The van der Waals surface area contributed by atoms with E-state index in [2.05, 4.69) is 9.46 Å². The SMILES string of the molecule is COC(=O)c1cc(S(=O)(=O)Nc2cc(C)ccc2C)ccc1Cl. The molecule has 2 aromatic rings. The van der Waals surface area contributed by atoms with Gasteiger partial charge in [-0.2, -0.15) is 0 Å². The van der Waals surface area contributed by atoms with Crippen molar-refractivity contribution in [3.8, 4) is 0 Å². The molecule has 0 heterocycles. The molecule has 122 valence electrons. The quantitative estimate of drug-likeness (QED) is 0.853. The standard InChI is InChI=1S/C16H16ClNO4S/c1-10-4-5-11(2)15(8-10)18-23(20,21)12-6-7-14(17)13(9-12)16(19)22-3/h4-9,18H,1-3H3. The maximum Gasteiger partial charge on any atom is 0.339 e. The van der Waals surface area contributed by atoms with Gasteiger partial charge in [-0.1, -0.05) is 23.7 Å². The van der Waals surface area contributed by atoms with Crippen molar-refractivity contribution < 1.29 is 17.9 Å². The topological polar surface area (TPSA) is 72.5 Å². The van der Waals surface area contributed by atoms with Gasteiger partial charge in [0.05, 0.1) is 28.3 Å². The molecular formula is C16H16ClNO4S. The zero-order valence-corrected chi connectivity index (χ0v) is 14.5. The third kappa shape index (κ3) is 3.83. The number of esters is 1. The lowest BCUT2D eigenvalue weighted by Gasteiger charge is -2.12. The van der Waals surface area contributed by atoms with Crippen molar-refractivity contribution in [1.29, 1.82) is 0 Å². The van der Waals surface area contributed by atoms with Crippen LogP contribution in [0.1, 0.15) is 21.5 Å². The Balaban J connectivity index is 2.44. The Labute approximate surface area is 140 Å². The molecule has 0 saturated heterocycles. The highest BCUT2D eigenvalue weighted by atomic mass is 35.5. The average Bonchev–Trinajstić information content (AvgIpc) is 2.50. The van der Waals surface area contributed by atoms with Crippen molar-refractivity contribution in [2.45, 2.75) is 18.7 Å². The van der Waals surface area contributed by atoms with Gasteiger partial charge in [0.2, 0.25) is 0 Å². The summed E-state index contributed by atoms with van der Waals surface area (Å²) in [7, 11) is -2.65. The molecule has 0 bridgehead atoms. The summed E-state index contributed by atoms with van der Waals surface area (Å²) in [4.78, 5) is 11.6. The smallest absolute Gasteiger partial charge is 0.339 e. The van der Waals surface area contributed by atoms with E-state index in [0.29, 0.717) is 5.69 Å². The third-order valence-electron chi connectivity index (χ3n) is 3.29. The number of hydrogen-bond donors (Lipinski definition) is 1. The minimum absolute atomic E-state index is 0.00185. The van der Waals surface area contributed by atoms with E-state index in [1.165, 1.54) is 25.3 Å². The Bertz CT molecular complexity index is 862. The van der Waals surface area contributed by atoms with Gasteiger partial charge in [0.1, 0.15) is 0 Å². The molecule has 0 unspecified atom stereocenters. The molecule has 5 nitrogen and oxygen atoms in total. The summed E-state index contributed by atoms with van der Waals surface area (Å²) in [5, 5.41) is 0.127. The fourth-order valence-corrected chi connectivity index (χ4v) is 3.33. The maximum absolute atomic E-state index is 12.5. The zero-order chi connectivity index (χ0) is 17.2. The number of rotatable bonds is 4. The number of sulfonamides is 1. The number of carbonyl (C=O) groups is 1. The fraction of sp³-hybridized carbons (Fsp3) is 0.188. The van der Waals surface area contributed by atoms with E-state index in [9.17, 15) is 13.2 Å². The molecule has 7 heteroatoms. The van der Waals surface area contributed by atoms with Crippen LogP contribution in [0.2, 0.25) is 5.02 Å². The normalized spacial score (nSPS) is 11.1. The fourth-order valence-electron chi connectivity index (χ4n) is 1.99. The highest BCUT2D eigenvalue weighted by Crippen LogP contribution is 2.24. The van der Waals surface area contributed by atoms with Gasteiger partial charge < -0.3 is 4.74 Å². The molecule has 0 aromatic heterocycles. The first kappa shape index (κ1) is 17.3. The molecule has 0 aliphatic heterocycles. The summed E-state index contributed by atoms with van der Waals surface area (Å²) >= 11 is 5.91. The van der Waals surface area contributed by atoms with Crippen LogP contribution in [-0.4, -0.2) is 21.5 Å². The van der Waals surface area contributed by atoms with Crippen molar-refractivity contribution >= 4 is 33.3 Å². The van der Waals surface area contributed by atoms with Crippen LogP contribution in [0.5, 0.6) is 0 Å². The van der Waals surface area contributed by atoms with Gasteiger partial charge in [0, 0.05) is 0 Å².